The number of rotatable bonds is 7. The number of ether oxygens (including phenoxy) is 1. The molecular formula is C25H25N3O6S. The summed E-state index contributed by atoms with van der Waals surface area (Å²) in [6.07, 6.45) is -0.142. The Bertz CT molecular complexity index is 1390. The summed E-state index contributed by atoms with van der Waals surface area (Å²) in [7, 11) is -3.82. The quantitative estimate of drug-likeness (QED) is 0.486. The number of para-hydroxylation sites is 2. The predicted octanol–water partition coefficient (Wildman–Crippen LogP) is 2.82. The van der Waals surface area contributed by atoms with E-state index in [0.29, 0.717) is 11.4 Å². The smallest absolute Gasteiger partial charge is 0.307 e. The van der Waals surface area contributed by atoms with Crippen LogP contribution in [0.2, 0.25) is 0 Å². The maximum atomic E-state index is 12.9. The lowest BCUT2D eigenvalue weighted by Gasteiger charge is -2.27. The van der Waals surface area contributed by atoms with Gasteiger partial charge in [0.15, 0.2) is 6.61 Å². The summed E-state index contributed by atoms with van der Waals surface area (Å²) < 4.78 is 32.7. The van der Waals surface area contributed by atoms with Gasteiger partial charge in [0.05, 0.1) is 22.7 Å². The lowest BCUT2D eigenvalue weighted by Crippen LogP contribution is -2.41. The van der Waals surface area contributed by atoms with E-state index in [9.17, 15) is 22.8 Å². The van der Waals surface area contributed by atoms with Crippen LogP contribution < -0.4 is 14.9 Å². The summed E-state index contributed by atoms with van der Waals surface area (Å²) in [6, 6.07) is 18.6. The van der Waals surface area contributed by atoms with Gasteiger partial charge in [-0.2, -0.15) is 0 Å². The van der Waals surface area contributed by atoms with Crippen molar-refractivity contribution in [1.29, 1.82) is 0 Å². The maximum absolute atomic E-state index is 12.9. The molecule has 35 heavy (non-hydrogen) atoms. The van der Waals surface area contributed by atoms with Gasteiger partial charge in [-0.25, -0.2) is 13.1 Å². The fourth-order valence-corrected chi connectivity index (χ4v) is 5.02. The average Bonchev–Trinajstić information content (AvgIpc) is 2.96. The highest BCUT2D eigenvalue weighted by Crippen LogP contribution is 2.31. The second kappa shape index (κ2) is 10.2. The van der Waals surface area contributed by atoms with E-state index < -0.39 is 34.5 Å². The maximum Gasteiger partial charge on any atom is 0.307 e. The molecule has 0 fully saturated rings. The van der Waals surface area contributed by atoms with Crippen LogP contribution in [0.3, 0.4) is 0 Å². The zero-order chi connectivity index (χ0) is 25.0. The van der Waals surface area contributed by atoms with E-state index in [1.54, 1.807) is 43.3 Å². The van der Waals surface area contributed by atoms with E-state index in [-0.39, 0.29) is 30.2 Å². The van der Waals surface area contributed by atoms with E-state index in [4.69, 9.17) is 4.74 Å². The molecule has 0 bridgehead atoms. The Kier molecular flexibility index (Phi) is 7.13. The molecule has 0 saturated carbocycles. The van der Waals surface area contributed by atoms with E-state index in [1.165, 1.54) is 11.0 Å². The van der Waals surface area contributed by atoms with Crippen LogP contribution in [0.5, 0.6) is 0 Å². The van der Waals surface area contributed by atoms with Crippen molar-refractivity contribution in [3.63, 3.8) is 0 Å². The van der Waals surface area contributed by atoms with Crippen molar-refractivity contribution in [3.8, 4) is 0 Å². The van der Waals surface area contributed by atoms with Gasteiger partial charge in [0.2, 0.25) is 15.9 Å². The third-order valence-corrected chi connectivity index (χ3v) is 7.10. The van der Waals surface area contributed by atoms with E-state index in [0.717, 1.165) is 10.8 Å². The van der Waals surface area contributed by atoms with Crippen molar-refractivity contribution < 1.29 is 27.5 Å². The first kappa shape index (κ1) is 24.4. The van der Waals surface area contributed by atoms with Gasteiger partial charge in [-0.15, -0.1) is 0 Å². The van der Waals surface area contributed by atoms with Crippen LogP contribution >= 0.6 is 0 Å². The second-order valence-corrected chi connectivity index (χ2v) is 9.97. The first-order valence-electron chi connectivity index (χ1n) is 11.1. The highest BCUT2D eigenvalue weighted by molar-refractivity contribution is 7.89. The minimum Gasteiger partial charge on any atom is -0.456 e. The number of amides is 2. The Hall–Kier alpha value is -3.76. The van der Waals surface area contributed by atoms with Crippen molar-refractivity contribution in [2.75, 3.05) is 23.4 Å². The fourth-order valence-electron chi connectivity index (χ4n) is 3.96. The summed E-state index contributed by atoms with van der Waals surface area (Å²) in [5.74, 6) is -1.41. The Morgan fingerprint density at radius 1 is 1.06 bits per heavy atom. The first-order valence-corrected chi connectivity index (χ1v) is 12.6. The molecule has 0 saturated heterocycles. The predicted molar refractivity (Wildman–Crippen MR) is 131 cm³/mol. The molecule has 1 atom stereocenters. The first-order chi connectivity index (χ1) is 16.7. The molecule has 182 valence electrons. The number of carbonyl (C=O) groups is 3. The molecule has 10 heteroatoms. The average molecular weight is 496 g/mol. The number of esters is 1. The minimum atomic E-state index is -3.82. The molecule has 1 heterocycles. The molecule has 0 spiro atoms. The molecule has 0 aliphatic carbocycles. The Morgan fingerprint density at radius 3 is 2.57 bits per heavy atom. The number of hydrogen-bond acceptors (Lipinski definition) is 6. The second-order valence-electron chi connectivity index (χ2n) is 8.20. The van der Waals surface area contributed by atoms with Gasteiger partial charge < -0.3 is 15.0 Å². The van der Waals surface area contributed by atoms with Crippen molar-refractivity contribution in [3.05, 3.63) is 66.7 Å². The van der Waals surface area contributed by atoms with Crippen molar-refractivity contribution in [1.82, 2.24) is 4.72 Å². The van der Waals surface area contributed by atoms with Crippen LogP contribution in [0, 0.1) is 0 Å². The third kappa shape index (κ3) is 5.67. The number of nitrogens with one attached hydrogen (secondary N) is 2. The molecule has 0 unspecified atom stereocenters. The SMILES string of the molecule is C[C@H]1CC(=O)Nc2ccccc2N1C(=O)COC(=O)CCNS(=O)(=O)c1ccc2ccccc2c1. The minimum absolute atomic E-state index is 0.0942. The van der Waals surface area contributed by atoms with E-state index in [1.807, 2.05) is 24.3 Å². The van der Waals surface area contributed by atoms with Crippen molar-refractivity contribution in [2.24, 2.45) is 0 Å². The van der Waals surface area contributed by atoms with Crippen LogP contribution in [0.25, 0.3) is 10.8 Å². The monoisotopic (exact) mass is 495 g/mol. The number of hydrogen-bond donors (Lipinski definition) is 2. The number of nitrogens with zero attached hydrogens (tertiary/aromatic N) is 1. The molecule has 2 amide bonds. The summed E-state index contributed by atoms with van der Waals surface area (Å²) >= 11 is 0. The molecule has 2 N–H and O–H groups in total. The van der Waals surface area contributed by atoms with Gasteiger partial charge in [-0.05, 0) is 42.0 Å². The highest BCUT2D eigenvalue weighted by atomic mass is 32.2. The normalized spacial score (nSPS) is 15.7. The molecule has 1 aliphatic heterocycles. The Balaban J connectivity index is 1.32. The molecule has 1 aliphatic rings. The number of carbonyl (C=O) groups excluding carboxylic acids is 3. The fraction of sp³-hybridized carbons (Fsp3) is 0.240. The Morgan fingerprint density at radius 2 is 1.77 bits per heavy atom. The number of sulfonamides is 1. The summed E-state index contributed by atoms with van der Waals surface area (Å²) in [4.78, 5) is 38.6. The van der Waals surface area contributed by atoms with Gasteiger partial charge in [0.25, 0.3) is 5.91 Å². The van der Waals surface area contributed by atoms with Gasteiger partial charge >= 0.3 is 5.97 Å². The molecule has 3 aromatic carbocycles. The number of anilines is 2. The summed E-state index contributed by atoms with van der Waals surface area (Å²) in [5.41, 5.74) is 1.03. The van der Waals surface area contributed by atoms with Gasteiger partial charge in [-0.3, -0.25) is 14.4 Å². The van der Waals surface area contributed by atoms with Crippen LogP contribution in [0.4, 0.5) is 11.4 Å². The number of fused-ring (bicyclic) bond motifs is 2. The lowest BCUT2D eigenvalue weighted by atomic mass is 10.1. The summed E-state index contributed by atoms with van der Waals surface area (Å²) in [5, 5.41) is 4.47. The van der Waals surface area contributed by atoms with E-state index in [2.05, 4.69) is 10.0 Å². The molecule has 0 radical (unpaired) electrons. The highest BCUT2D eigenvalue weighted by Gasteiger charge is 2.30. The largest absolute Gasteiger partial charge is 0.456 e. The lowest BCUT2D eigenvalue weighted by molar-refractivity contribution is -0.147. The topological polar surface area (TPSA) is 122 Å². The van der Waals surface area contributed by atoms with Crippen LogP contribution in [-0.4, -0.2) is 45.4 Å². The molecule has 9 nitrogen and oxygen atoms in total. The van der Waals surface area contributed by atoms with Crippen molar-refractivity contribution >= 4 is 50.0 Å². The standard InChI is InChI=1S/C25H25N3O6S/c1-17-14-23(29)27-21-8-4-5-9-22(21)28(17)24(30)16-34-25(31)12-13-26-35(32,33)20-11-10-18-6-2-3-7-19(18)15-20/h2-11,15,17,26H,12-14,16H2,1H3,(H,27,29)/t17-/m0/s1. The van der Waals surface area contributed by atoms with Gasteiger partial charge in [-0.1, -0.05) is 42.5 Å². The van der Waals surface area contributed by atoms with Crippen LogP contribution in [0.15, 0.2) is 71.6 Å². The van der Waals surface area contributed by atoms with Crippen LogP contribution in [0.1, 0.15) is 19.8 Å². The zero-order valence-electron chi connectivity index (χ0n) is 19.1. The number of benzene rings is 3. The zero-order valence-corrected chi connectivity index (χ0v) is 19.9. The summed E-state index contributed by atoms with van der Waals surface area (Å²) in [6.45, 7) is 1.04. The van der Waals surface area contributed by atoms with Gasteiger partial charge in [0, 0.05) is 19.0 Å². The van der Waals surface area contributed by atoms with E-state index >= 15 is 0 Å². The molecule has 3 aromatic rings. The molecule has 0 aromatic heterocycles. The van der Waals surface area contributed by atoms with Crippen LogP contribution in [-0.2, 0) is 29.1 Å². The van der Waals surface area contributed by atoms with Gasteiger partial charge in [0.1, 0.15) is 0 Å². The van der Waals surface area contributed by atoms with Crippen molar-refractivity contribution in [2.45, 2.75) is 30.7 Å². The third-order valence-electron chi connectivity index (χ3n) is 5.64. The Labute approximate surface area is 203 Å². The molecular weight excluding hydrogens is 470 g/mol. The molecule has 4 rings (SSSR count).